The Kier molecular flexibility index (Phi) is 3.76. The van der Waals surface area contributed by atoms with Gasteiger partial charge in [-0.3, -0.25) is 0 Å². The zero-order chi connectivity index (χ0) is 8.81. The van der Waals surface area contributed by atoms with Crippen molar-refractivity contribution >= 4 is 0 Å². The first-order valence-corrected chi connectivity index (χ1v) is 4.17. The van der Waals surface area contributed by atoms with Crippen LogP contribution in [0.5, 0.6) is 0 Å². The Labute approximate surface area is 72.5 Å². The smallest absolute Gasteiger partial charge is 0.105 e. The van der Waals surface area contributed by atoms with Crippen molar-refractivity contribution in [2.45, 2.75) is 20.4 Å². The molecule has 0 atom stereocenters. The summed E-state index contributed by atoms with van der Waals surface area (Å²) >= 11 is 0. The molecule has 0 saturated heterocycles. The average Bonchev–Trinajstić information content (AvgIpc) is 2.46. The fourth-order valence-electron chi connectivity index (χ4n) is 0.980. The van der Waals surface area contributed by atoms with E-state index in [0.717, 1.165) is 18.9 Å². The van der Waals surface area contributed by atoms with E-state index in [4.69, 9.17) is 4.84 Å². The molecule has 0 aliphatic heterocycles. The summed E-state index contributed by atoms with van der Waals surface area (Å²) in [5.74, 6) is 1.04. The molecule has 0 unspecified atom stereocenters. The highest BCUT2D eigenvalue weighted by Gasteiger charge is 1.94. The standard InChI is InChI=1S/C8H15N3O/c1-3-12-10-5-7-11-6-4-9-8(11)2/h4,6,10H,3,5,7H2,1-2H3. The molecule has 1 heterocycles. The lowest BCUT2D eigenvalue weighted by atomic mass is 10.6. The van der Waals surface area contributed by atoms with E-state index in [9.17, 15) is 0 Å². The van der Waals surface area contributed by atoms with Crippen LogP contribution in [0.25, 0.3) is 0 Å². The number of aryl methyl sites for hydroxylation is 1. The lowest BCUT2D eigenvalue weighted by molar-refractivity contribution is 0.0490. The largest absolute Gasteiger partial charge is 0.334 e. The lowest BCUT2D eigenvalue weighted by Gasteiger charge is -2.05. The van der Waals surface area contributed by atoms with Crippen LogP contribution in [0, 0.1) is 6.92 Å². The summed E-state index contributed by atoms with van der Waals surface area (Å²) in [6.45, 7) is 6.34. The zero-order valence-corrected chi connectivity index (χ0v) is 7.58. The predicted octanol–water partition coefficient (Wildman–Crippen LogP) is 0.733. The number of nitrogens with zero attached hydrogens (tertiary/aromatic N) is 2. The number of rotatable bonds is 5. The average molecular weight is 169 g/mol. The van der Waals surface area contributed by atoms with Gasteiger partial charge in [0.2, 0.25) is 0 Å². The van der Waals surface area contributed by atoms with E-state index in [2.05, 4.69) is 15.0 Å². The molecule has 4 heteroatoms. The Balaban J connectivity index is 2.20. The Hall–Kier alpha value is -0.870. The SMILES string of the molecule is CCONCCn1ccnc1C. The minimum absolute atomic E-state index is 0.697. The molecule has 0 aromatic carbocycles. The Bertz CT molecular complexity index is 222. The second-order valence-corrected chi connectivity index (χ2v) is 2.50. The lowest BCUT2D eigenvalue weighted by Crippen LogP contribution is -2.20. The van der Waals surface area contributed by atoms with E-state index < -0.39 is 0 Å². The Morgan fingerprint density at radius 3 is 3.08 bits per heavy atom. The maximum Gasteiger partial charge on any atom is 0.105 e. The van der Waals surface area contributed by atoms with Gasteiger partial charge in [0.1, 0.15) is 5.82 Å². The molecule has 1 aromatic rings. The summed E-state index contributed by atoms with van der Waals surface area (Å²) in [7, 11) is 0. The van der Waals surface area contributed by atoms with Crippen LogP contribution < -0.4 is 5.48 Å². The van der Waals surface area contributed by atoms with Crippen LogP contribution in [-0.2, 0) is 11.4 Å². The quantitative estimate of drug-likeness (QED) is 0.522. The van der Waals surface area contributed by atoms with Crippen LogP contribution in [0.3, 0.4) is 0 Å². The van der Waals surface area contributed by atoms with E-state index in [-0.39, 0.29) is 0 Å². The summed E-state index contributed by atoms with van der Waals surface area (Å²) in [6.07, 6.45) is 3.76. The van der Waals surface area contributed by atoms with E-state index in [1.54, 1.807) is 6.20 Å². The van der Waals surface area contributed by atoms with Crippen molar-refractivity contribution in [2.24, 2.45) is 0 Å². The highest BCUT2D eigenvalue weighted by Crippen LogP contribution is 1.92. The maximum atomic E-state index is 4.99. The Morgan fingerprint density at radius 2 is 2.50 bits per heavy atom. The molecule has 0 saturated carbocycles. The van der Waals surface area contributed by atoms with Crippen molar-refractivity contribution < 1.29 is 4.84 Å². The zero-order valence-electron chi connectivity index (χ0n) is 7.58. The van der Waals surface area contributed by atoms with Gasteiger partial charge >= 0.3 is 0 Å². The fourth-order valence-corrected chi connectivity index (χ4v) is 0.980. The first-order chi connectivity index (χ1) is 5.84. The third-order valence-electron chi connectivity index (χ3n) is 1.62. The van der Waals surface area contributed by atoms with Gasteiger partial charge in [0, 0.05) is 25.5 Å². The van der Waals surface area contributed by atoms with Gasteiger partial charge in [0.15, 0.2) is 0 Å². The first-order valence-electron chi connectivity index (χ1n) is 4.17. The van der Waals surface area contributed by atoms with Crippen LogP contribution in [0.15, 0.2) is 12.4 Å². The number of hydrogen-bond donors (Lipinski definition) is 1. The molecule has 12 heavy (non-hydrogen) atoms. The van der Waals surface area contributed by atoms with Crippen molar-refractivity contribution in [1.29, 1.82) is 0 Å². The van der Waals surface area contributed by atoms with Gasteiger partial charge in [-0.1, -0.05) is 0 Å². The van der Waals surface area contributed by atoms with Crippen LogP contribution >= 0.6 is 0 Å². The van der Waals surface area contributed by atoms with E-state index in [1.807, 2.05) is 20.0 Å². The number of hydrogen-bond acceptors (Lipinski definition) is 3. The number of hydroxylamine groups is 1. The molecule has 0 aliphatic carbocycles. The van der Waals surface area contributed by atoms with E-state index >= 15 is 0 Å². The fraction of sp³-hybridized carbons (Fsp3) is 0.625. The molecule has 1 rings (SSSR count). The number of aromatic nitrogens is 2. The summed E-state index contributed by atoms with van der Waals surface area (Å²) in [6, 6.07) is 0. The van der Waals surface area contributed by atoms with Gasteiger partial charge in [-0.15, -0.1) is 0 Å². The number of nitrogens with one attached hydrogen (secondary N) is 1. The molecule has 1 N–H and O–H groups in total. The summed E-state index contributed by atoms with van der Waals surface area (Å²) < 4.78 is 2.08. The van der Waals surface area contributed by atoms with E-state index in [0.29, 0.717) is 6.61 Å². The molecule has 4 nitrogen and oxygen atoms in total. The minimum atomic E-state index is 0.697. The Morgan fingerprint density at radius 1 is 1.67 bits per heavy atom. The third kappa shape index (κ3) is 2.64. The van der Waals surface area contributed by atoms with Crippen LogP contribution in [0.2, 0.25) is 0 Å². The topological polar surface area (TPSA) is 39.1 Å². The van der Waals surface area contributed by atoms with Gasteiger partial charge in [-0.2, -0.15) is 0 Å². The molecule has 1 aromatic heterocycles. The molecule has 0 amide bonds. The predicted molar refractivity (Wildman–Crippen MR) is 46.6 cm³/mol. The summed E-state index contributed by atoms with van der Waals surface area (Å²) in [4.78, 5) is 9.10. The van der Waals surface area contributed by atoms with Gasteiger partial charge in [0.25, 0.3) is 0 Å². The van der Waals surface area contributed by atoms with Crippen molar-refractivity contribution in [3.8, 4) is 0 Å². The first kappa shape index (κ1) is 9.22. The molecule has 0 aliphatic rings. The van der Waals surface area contributed by atoms with Crippen LogP contribution in [0.1, 0.15) is 12.7 Å². The van der Waals surface area contributed by atoms with Gasteiger partial charge < -0.3 is 9.40 Å². The summed E-state index contributed by atoms with van der Waals surface area (Å²) in [5, 5.41) is 0. The third-order valence-corrected chi connectivity index (χ3v) is 1.62. The molecule has 0 spiro atoms. The van der Waals surface area contributed by atoms with Crippen molar-refractivity contribution in [3.05, 3.63) is 18.2 Å². The van der Waals surface area contributed by atoms with Crippen LogP contribution in [-0.4, -0.2) is 22.7 Å². The molecular formula is C8H15N3O. The van der Waals surface area contributed by atoms with Gasteiger partial charge in [-0.05, 0) is 13.8 Å². The minimum Gasteiger partial charge on any atom is -0.334 e. The monoisotopic (exact) mass is 169 g/mol. The van der Waals surface area contributed by atoms with Crippen molar-refractivity contribution in [1.82, 2.24) is 15.0 Å². The summed E-state index contributed by atoms with van der Waals surface area (Å²) in [5.41, 5.74) is 2.85. The molecule has 68 valence electrons. The van der Waals surface area contributed by atoms with Crippen molar-refractivity contribution in [3.63, 3.8) is 0 Å². The van der Waals surface area contributed by atoms with E-state index in [1.165, 1.54) is 0 Å². The molecule has 0 bridgehead atoms. The van der Waals surface area contributed by atoms with Crippen molar-refractivity contribution in [2.75, 3.05) is 13.2 Å². The molecular weight excluding hydrogens is 154 g/mol. The van der Waals surface area contributed by atoms with Crippen LogP contribution in [0.4, 0.5) is 0 Å². The highest BCUT2D eigenvalue weighted by atomic mass is 16.6. The van der Waals surface area contributed by atoms with Gasteiger partial charge in [0.05, 0.1) is 6.61 Å². The van der Waals surface area contributed by atoms with Gasteiger partial charge in [-0.25, -0.2) is 10.5 Å². The number of imidazole rings is 1. The molecule has 0 radical (unpaired) electrons. The molecule has 0 fully saturated rings. The second-order valence-electron chi connectivity index (χ2n) is 2.50. The maximum absolute atomic E-state index is 4.99. The second kappa shape index (κ2) is 4.90. The highest BCUT2D eigenvalue weighted by molar-refractivity contribution is 4.88. The normalized spacial score (nSPS) is 10.5.